The van der Waals surface area contributed by atoms with Crippen molar-refractivity contribution in [2.24, 2.45) is 0 Å². The van der Waals surface area contributed by atoms with Crippen molar-refractivity contribution >= 4 is 23.2 Å². The van der Waals surface area contributed by atoms with Gasteiger partial charge in [0.05, 0.1) is 0 Å². The Bertz CT molecular complexity index is 492. The lowest BCUT2D eigenvalue weighted by Crippen LogP contribution is -2.36. The highest BCUT2D eigenvalue weighted by Gasteiger charge is 2.27. The molecule has 1 aromatic carbocycles. The van der Waals surface area contributed by atoms with Gasteiger partial charge in [0.2, 0.25) is 5.91 Å². The van der Waals surface area contributed by atoms with Gasteiger partial charge in [-0.1, -0.05) is 0 Å². The van der Waals surface area contributed by atoms with Crippen molar-refractivity contribution in [1.29, 1.82) is 0 Å². The van der Waals surface area contributed by atoms with E-state index in [1.807, 2.05) is 24.3 Å². The van der Waals surface area contributed by atoms with Crippen LogP contribution in [0.4, 0.5) is 11.4 Å². The quantitative estimate of drug-likeness (QED) is 0.846. The molecule has 1 aliphatic heterocycles. The maximum absolute atomic E-state index is 12.2. The molecule has 2 amide bonds. The van der Waals surface area contributed by atoms with E-state index in [0.29, 0.717) is 6.61 Å². The molecule has 0 saturated carbocycles. The maximum Gasteiger partial charge on any atom is 0.255 e. The molecule has 1 saturated heterocycles. The van der Waals surface area contributed by atoms with Crippen molar-refractivity contribution in [1.82, 2.24) is 0 Å². The van der Waals surface area contributed by atoms with Crippen LogP contribution in [0.2, 0.25) is 0 Å². The minimum absolute atomic E-state index is 0.0184. The molecule has 1 fully saturated rings. The molecule has 20 heavy (non-hydrogen) atoms. The molecule has 0 radical (unpaired) electrons. The number of likely N-dealkylation sites (N-methyl/N-ethyl adjacent to an activating group) is 1. The predicted octanol–water partition coefficient (Wildman–Crippen LogP) is 1.81. The largest absolute Gasteiger partial charge is 0.368 e. The molecule has 0 spiro atoms. The second-order valence-corrected chi connectivity index (χ2v) is 4.99. The molecule has 1 heterocycles. The van der Waals surface area contributed by atoms with Crippen LogP contribution >= 0.6 is 0 Å². The predicted molar refractivity (Wildman–Crippen MR) is 77.9 cm³/mol. The van der Waals surface area contributed by atoms with Gasteiger partial charge < -0.3 is 14.5 Å². The minimum Gasteiger partial charge on any atom is -0.368 e. The summed E-state index contributed by atoms with van der Waals surface area (Å²) in [5.41, 5.74) is 1.60. The van der Waals surface area contributed by atoms with E-state index in [-0.39, 0.29) is 17.9 Å². The van der Waals surface area contributed by atoms with Gasteiger partial charge in [-0.25, -0.2) is 0 Å². The van der Waals surface area contributed by atoms with Crippen LogP contribution in [0.1, 0.15) is 19.8 Å². The molecular formula is C15H20N2O3. The third kappa shape index (κ3) is 2.99. The summed E-state index contributed by atoms with van der Waals surface area (Å²) in [6.07, 6.45) is 1.40. The van der Waals surface area contributed by atoms with E-state index in [1.54, 1.807) is 23.9 Å². The van der Waals surface area contributed by atoms with Gasteiger partial charge in [0.25, 0.3) is 5.91 Å². The van der Waals surface area contributed by atoms with E-state index >= 15 is 0 Å². The molecule has 1 unspecified atom stereocenters. The van der Waals surface area contributed by atoms with Gasteiger partial charge in [-0.05, 0) is 37.1 Å². The summed E-state index contributed by atoms with van der Waals surface area (Å²) in [6.45, 7) is 2.17. The van der Waals surface area contributed by atoms with Crippen LogP contribution in [0.15, 0.2) is 24.3 Å². The highest BCUT2D eigenvalue weighted by molar-refractivity contribution is 5.97. The summed E-state index contributed by atoms with van der Waals surface area (Å²) in [5, 5.41) is 0. The summed E-state index contributed by atoms with van der Waals surface area (Å²) in [6, 6.07) is 7.33. The van der Waals surface area contributed by atoms with Crippen LogP contribution in [0.5, 0.6) is 0 Å². The van der Waals surface area contributed by atoms with Crippen molar-refractivity contribution < 1.29 is 14.3 Å². The number of amides is 2. The number of hydrogen-bond acceptors (Lipinski definition) is 3. The molecule has 0 aromatic heterocycles. The fraction of sp³-hybridized carbons (Fsp3) is 0.467. The van der Waals surface area contributed by atoms with Crippen molar-refractivity contribution in [2.45, 2.75) is 25.9 Å². The van der Waals surface area contributed by atoms with Gasteiger partial charge >= 0.3 is 0 Å². The Labute approximate surface area is 119 Å². The van der Waals surface area contributed by atoms with Crippen molar-refractivity contribution in [3.63, 3.8) is 0 Å². The van der Waals surface area contributed by atoms with E-state index < -0.39 is 0 Å². The lowest BCUT2D eigenvalue weighted by molar-refractivity contribution is -0.127. The molecule has 5 nitrogen and oxygen atoms in total. The number of ether oxygens (including phenoxy) is 1. The van der Waals surface area contributed by atoms with Gasteiger partial charge in [0.1, 0.15) is 6.10 Å². The van der Waals surface area contributed by atoms with Crippen LogP contribution in [0.3, 0.4) is 0 Å². The van der Waals surface area contributed by atoms with Gasteiger partial charge in [-0.2, -0.15) is 0 Å². The van der Waals surface area contributed by atoms with E-state index in [4.69, 9.17) is 4.74 Å². The summed E-state index contributed by atoms with van der Waals surface area (Å²) in [5.74, 6) is -0.0447. The Kier molecular flexibility index (Phi) is 4.39. The standard InChI is InChI=1S/C15H20N2O3/c1-11(18)16(2)12-6-8-13(9-7-12)17(3)15(19)14-5-4-10-20-14/h6-9,14H,4-5,10H2,1-3H3. The van der Waals surface area contributed by atoms with Crippen molar-refractivity contribution in [3.8, 4) is 0 Å². The highest BCUT2D eigenvalue weighted by atomic mass is 16.5. The Morgan fingerprint density at radius 3 is 2.10 bits per heavy atom. The summed E-state index contributed by atoms with van der Waals surface area (Å²) in [7, 11) is 3.46. The second-order valence-electron chi connectivity index (χ2n) is 4.99. The average Bonchev–Trinajstić information content (AvgIpc) is 2.99. The zero-order valence-corrected chi connectivity index (χ0v) is 12.1. The molecule has 2 rings (SSSR count). The fourth-order valence-electron chi connectivity index (χ4n) is 2.20. The first kappa shape index (κ1) is 14.5. The van der Waals surface area contributed by atoms with Crippen LogP contribution in [0.25, 0.3) is 0 Å². The maximum atomic E-state index is 12.2. The van der Waals surface area contributed by atoms with Gasteiger partial charge in [0, 0.05) is 39.0 Å². The fourth-order valence-corrected chi connectivity index (χ4v) is 2.20. The first-order chi connectivity index (χ1) is 9.50. The van der Waals surface area contributed by atoms with Gasteiger partial charge in [-0.15, -0.1) is 0 Å². The van der Waals surface area contributed by atoms with Crippen molar-refractivity contribution in [2.75, 3.05) is 30.5 Å². The number of benzene rings is 1. The van der Waals surface area contributed by atoms with Crippen LogP contribution in [-0.4, -0.2) is 38.6 Å². The van der Waals surface area contributed by atoms with Crippen LogP contribution in [-0.2, 0) is 14.3 Å². The Balaban J connectivity index is 2.09. The normalized spacial score (nSPS) is 17.9. The SMILES string of the molecule is CC(=O)N(C)c1ccc(N(C)C(=O)C2CCCO2)cc1. The first-order valence-electron chi connectivity index (χ1n) is 6.74. The Morgan fingerprint density at radius 2 is 1.65 bits per heavy atom. The van der Waals surface area contributed by atoms with Crippen LogP contribution in [0, 0.1) is 0 Å². The van der Waals surface area contributed by atoms with Gasteiger partial charge in [-0.3, -0.25) is 9.59 Å². The molecule has 108 valence electrons. The Morgan fingerprint density at radius 1 is 1.10 bits per heavy atom. The lowest BCUT2D eigenvalue weighted by Gasteiger charge is -2.22. The van der Waals surface area contributed by atoms with E-state index in [1.165, 1.54) is 6.92 Å². The smallest absolute Gasteiger partial charge is 0.255 e. The summed E-state index contributed by atoms with van der Waals surface area (Å²) < 4.78 is 5.41. The molecule has 1 aromatic rings. The number of carbonyl (C=O) groups is 2. The number of carbonyl (C=O) groups excluding carboxylic acids is 2. The van der Waals surface area contributed by atoms with E-state index in [9.17, 15) is 9.59 Å². The first-order valence-corrected chi connectivity index (χ1v) is 6.74. The van der Waals surface area contributed by atoms with Crippen LogP contribution < -0.4 is 9.80 Å². The number of rotatable bonds is 3. The third-order valence-corrected chi connectivity index (χ3v) is 3.63. The number of hydrogen-bond donors (Lipinski definition) is 0. The summed E-state index contributed by atoms with van der Waals surface area (Å²) >= 11 is 0. The molecule has 0 bridgehead atoms. The van der Waals surface area contributed by atoms with Gasteiger partial charge in [0.15, 0.2) is 0 Å². The molecule has 1 atom stereocenters. The molecule has 0 N–H and O–H groups in total. The average molecular weight is 276 g/mol. The van der Waals surface area contributed by atoms with Crippen molar-refractivity contribution in [3.05, 3.63) is 24.3 Å². The number of nitrogens with zero attached hydrogens (tertiary/aromatic N) is 2. The third-order valence-electron chi connectivity index (χ3n) is 3.63. The second kappa shape index (κ2) is 6.05. The minimum atomic E-state index is -0.320. The molecule has 1 aliphatic rings. The van der Waals surface area contributed by atoms with E-state index in [0.717, 1.165) is 24.2 Å². The topological polar surface area (TPSA) is 49.9 Å². The zero-order valence-electron chi connectivity index (χ0n) is 12.1. The monoisotopic (exact) mass is 276 g/mol. The van der Waals surface area contributed by atoms with E-state index in [2.05, 4.69) is 0 Å². The molecule has 0 aliphatic carbocycles. The Hall–Kier alpha value is -1.88. The highest BCUT2D eigenvalue weighted by Crippen LogP contribution is 2.22. The number of anilines is 2. The lowest BCUT2D eigenvalue weighted by atomic mass is 10.2. The summed E-state index contributed by atoms with van der Waals surface area (Å²) in [4.78, 5) is 26.7. The zero-order chi connectivity index (χ0) is 14.7. The molecular weight excluding hydrogens is 256 g/mol. The molecule has 5 heteroatoms.